The summed E-state index contributed by atoms with van der Waals surface area (Å²) in [5, 5.41) is 11.3. The number of carboxylic acids is 1. The predicted molar refractivity (Wildman–Crippen MR) is 68.0 cm³/mol. The summed E-state index contributed by atoms with van der Waals surface area (Å²) in [7, 11) is 1.73. The van der Waals surface area contributed by atoms with E-state index in [1.165, 1.54) is 0 Å². The molecule has 5 heteroatoms. The van der Waals surface area contributed by atoms with Crippen molar-refractivity contribution in [3.05, 3.63) is 35.9 Å². The maximum absolute atomic E-state index is 11.6. The lowest BCUT2D eigenvalue weighted by Gasteiger charge is -2.14. The molecule has 0 saturated carbocycles. The van der Waals surface area contributed by atoms with Crippen molar-refractivity contribution in [2.24, 2.45) is 0 Å². The fourth-order valence-corrected chi connectivity index (χ4v) is 1.46. The van der Waals surface area contributed by atoms with Gasteiger partial charge in [-0.25, -0.2) is 0 Å². The van der Waals surface area contributed by atoms with E-state index >= 15 is 0 Å². The van der Waals surface area contributed by atoms with Gasteiger partial charge < -0.3 is 10.4 Å². The van der Waals surface area contributed by atoms with Crippen LogP contribution in [0.15, 0.2) is 30.3 Å². The van der Waals surface area contributed by atoms with Crippen molar-refractivity contribution in [1.29, 1.82) is 0 Å². The largest absolute Gasteiger partial charge is 0.481 e. The zero-order chi connectivity index (χ0) is 13.4. The van der Waals surface area contributed by atoms with E-state index < -0.39 is 5.97 Å². The van der Waals surface area contributed by atoms with Crippen molar-refractivity contribution in [2.45, 2.75) is 13.0 Å². The first-order valence-electron chi connectivity index (χ1n) is 5.79. The molecule has 18 heavy (non-hydrogen) atoms. The normalized spacial score (nSPS) is 10.3. The molecule has 1 aromatic rings. The Hall–Kier alpha value is -1.88. The fourth-order valence-electron chi connectivity index (χ4n) is 1.46. The molecule has 0 atom stereocenters. The van der Waals surface area contributed by atoms with Gasteiger partial charge in [-0.1, -0.05) is 30.3 Å². The number of carbonyl (C=O) groups excluding carboxylic acids is 1. The minimum absolute atomic E-state index is 0.0441. The summed E-state index contributed by atoms with van der Waals surface area (Å²) < 4.78 is 0. The van der Waals surface area contributed by atoms with Crippen molar-refractivity contribution in [3.8, 4) is 0 Å². The minimum Gasteiger partial charge on any atom is -0.481 e. The summed E-state index contributed by atoms with van der Waals surface area (Å²) >= 11 is 0. The minimum atomic E-state index is -0.855. The van der Waals surface area contributed by atoms with E-state index in [1.807, 2.05) is 30.3 Å². The Balaban J connectivity index is 2.23. The van der Waals surface area contributed by atoms with Crippen LogP contribution in [-0.4, -0.2) is 42.0 Å². The Kier molecular flexibility index (Phi) is 5.87. The van der Waals surface area contributed by atoms with Gasteiger partial charge in [0.05, 0.1) is 13.0 Å². The maximum Gasteiger partial charge on any atom is 0.304 e. The molecule has 0 aliphatic carbocycles. The average Bonchev–Trinajstić information content (AvgIpc) is 2.35. The Bertz CT molecular complexity index is 392. The number of rotatable bonds is 7. The number of benzene rings is 1. The van der Waals surface area contributed by atoms with Crippen LogP contribution in [0.2, 0.25) is 0 Å². The predicted octanol–water partition coefficient (Wildman–Crippen LogP) is 0.709. The van der Waals surface area contributed by atoms with Crippen LogP contribution in [0.25, 0.3) is 0 Å². The van der Waals surface area contributed by atoms with E-state index in [-0.39, 0.29) is 18.9 Å². The molecule has 0 heterocycles. The van der Waals surface area contributed by atoms with Crippen LogP contribution in [0.4, 0.5) is 0 Å². The number of nitrogens with zero attached hydrogens (tertiary/aromatic N) is 1. The number of hydrogen-bond acceptors (Lipinski definition) is 3. The lowest BCUT2D eigenvalue weighted by atomic mass is 10.2. The van der Waals surface area contributed by atoms with Crippen LogP contribution in [0, 0.1) is 0 Å². The van der Waals surface area contributed by atoms with E-state index in [2.05, 4.69) is 5.32 Å². The first-order valence-corrected chi connectivity index (χ1v) is 5.79. The smallest absolute Gasteiger partial charge is 0.304 e. The molecule has 0 radical (unpaired) electrons. The van der Waals surface area contributed by atoms with Gasteiger partial charge >= 0.3 is 5.97 Å². The number of likely N-dealkylation sites (N-methyl/N-ethyl adjacent to an activating group) is 1. The van der Waals surface area contributed by atoms with Crippen LogP contribution in [0.5, 0.6) is 0 Å². The topological polar surface area (TPSA) is 69.6 Å². The SMILES string of the molecule is CN(CCC(=O)O)CC(=O)NCc1ccccc1. The molecule has 0 spiro atoms. The first kappa shape index (κ1) is 14.2. The van der Waals surface area contributed by atoms with Crippen molar-refractivity contribution in [1.82, 2.24) is 10.2 Å². The number of amides is 1. The fraction of sp³-hybridized carbons (Fsp3) is 0.385. The number of aliphatic carboxylic acids is 1. The van der Waals surface area contributed by atoms with Gasteiger partial charge in [0.2, 0.25) is 5.91 Å². The summed E-state index contributed by atoms with van der Waals surface area (Å²) in [6, 6.07) is 9.63. The number of hydrogen-bond donors (Lipinski definition) is 2. The van der Waals surface area contributed by atoms with Gasteiger partial charge in [-0.05, 0) is 12.6 Å². The van der Waals surface area contributed by atoms with Crippen LogP contribution in [0.1, 0.15) is 12.0 Å². The molecule has 1 aromatic carbocycles. The summed E-state index contributed by atoms with van der Waals surface area (Å²) in [4.78, 5) is 23.6. The second kappa shape index (κ2) is 7.45. The highest BCUT2D eigenvalue weighted by Crippen LogP contribution is 1.97. The van der Waals surface area contributed by atoms with Gasteiger partial charge in [0.15, 0.2) is 0 Å². The van der Waals surface area contributed by atoms with Crippen LogP contribution in [-0.2, 0) is 16.1 Å². The third-order valence-electron chi connectivity index (χ3n) is 2.45. The van der Waals surface area contributed by atoms with Crippen molar-refractivity contribution < 1.29 is 14.7 Å². The molecule has 0 fully saturated rings. The number of carboxylic acid groups (broad SMARTS) is 1. The van der Waals surface area contributed by atoms with Gasteiger partial charge in [0, 0.05) is 13.1 Å². The van der Waals surface area contributed by atoms with Gasteiger partial charge in [0.25, 0.3) is 0 Å². The van der Waals surface area contributed by atoms with E-state index in [4.69, 9.17) is 5.11 Å². The summed E-state index contributed by atoms with van der Waals surface area (Å²) in [6.45, 7) is 1.07. The monoisotopic (exact) mass is 250 g/mol. The molecule has 0 unspecified atom stereocenters. The van der Waals surface area contributed by atoms with E-state index in [1.54, 1.807) is 11.9 Å². The van der Waals surface area contributed by atoms with E-state index in [9.17, 15) is 9.59 Å². The molecule has 0 aliphatic rings. The lowest BCUT2D eigenvalue weighted by molar-refractivity contribution is -0.137. The zero-order valence-corrected chi connectivity index (χ0v) is 10.4. The van der Waals surface area contributed by atoms with Crippen LogP contribution >= 0.6 is 0 Å². The second-order valence-corrected chi connectivity index (χ2v) is 4.14. The highest BCUT2D eigenvalue weighted by molar-refractivity contribution is 5.78. The molecule has 1 rings (SSSR count). The van der Waals surface area contributed by atoms with Crippen LogP contribution in [0.3, 0.4) is 0 Å². The van der Waals surface area contributed by atoms with Gasteiger partial charge in [-0.2, -0.15) is 0 Å². The zero-order valence-electron chi connectivity index (χ0n) is 10.4. The summed E-state index contributed by atoms with van der Waals surface area (Å²) in [5.41, 5.74) is 1.04. The Labute approximate surface area is 106 Å². The van der Waals surface area contributed by atoms with Crippen LogP contribution < -0.4 is 5.32 Å². The van der Waals surface area contributed by atoms with Crippen molar-refractivity contribution >= 4 is 11.9 Å². The molecule has 0 aliphatic heterocycles. The lowest BCUT2D eigenvalue weighted by Crippen LogP contribution is -2.35. The molecule has 1 amide bonds. The third-order valence-corrected chi connectivity index (χ3v) is 2.45. The van der Waals surface area contributed by atoms with Crippen molar-refractivity contribution in [3.63, 3.8) is 0 Å². The van der Waals surface area contributed by atoms with Gasteiger partial charge in [0.1, 0.15) is 0 Å². The number of nitrogens with one attached hydrogen (secondary N) is 1. The summed E-state index contributed by atoms with van der Waals surface area (Å²) in [6.07, 6.45) is 0.0441. The van der Waals surface area contributed by atoms with E-state index in [0.717, 1.165) is 5.56 Å². The van der Waals surface area contributed by atoms with Crippen molar-refractivity contribution in [2.75, 3.05) is 20.1 Å². The summed E-state index contributed by atoms with van der Waals surface area (Å²) in [5.74, 6) is -0.960. The standard InChI is InChI=1S/C13H18N2O3/c1-15(8-7-13(17)18)10-12(16)14-9-11-5-3-2-4-6-11/h2-6H,7-10H2,1H3,(H,14,16)(H,17,18). The molecule has 0 bridgehead atoms. The van der Waals surface area contributed by atoms with E-state index in [0.29, 0.717) is 13.1 Å². The highest BCUT2D eigenvalue weighted by atomic mass is 16.4. The number of carbonyl (C=O) groups is 2. The Morgan fingerprint density at radius 2 is 1.94 bits per heavy atom. The molecule has 0 aromatic heterocycles. The quantitative estimate of drug-likeness (QED) is 0.747. The average molecular weight is 250 g/mol. The molecule has 98 valence electrons. The Morgan fingerprint density at radius 3 is 2.56 bits per heavy atom. The maximum atomic E-state index is 11.6. The molecular formula is C13H18N2O3. The molecular weight excluding hydrogens is 232 g/mol. The third kappa shape index (κ3) is 6.00. The highest BCUT2D eigenvalue weighted by Gasteiger charge is 2.07. The first-order chi connectivity index (χ1) is 8.58. The molecule has 0 saturated heterocycles. The molecule has 5 nitrogen and oxygen atoms in total. The molecule has 2 N–H and O–H groups in total. The Morgan fingerprint density at radius 1 is 1.28 bits per heavy atom. The van der Waals surface area contributed by atoms with Gasteiger partial charge in [-0.3, -0.25) is 14.5 Å². The second-order valence-electron chi connectivity index (χ2n) is 4.14. The van der Waals surface area contributed by atoms with Gasteiger partial charge in [-0.15, -0.1) is 0 Å².